The maximum absolute atomic E-state index is 2.38. The summed E-state index contributed by atoms with van der Waals surface area (Å²) < 4.78 is 3.74. The van der Waals surface area contributed by atoms with Crippen molar-refractivity contribution in [2.45, 2.75) is 6.92 Å². The summed E-state index contributed by atoms with van der Waals surface area (Å²) in [5.41, 5.74) is 6.34. The van der Waals surface area contributed by atoms with Gasteiger partial charge in [0.05, 0.1) is 15.7 Å². The Morgan fingerprint density at radius 1 is 0.720 bits per heavy atom. The highest BCUT2D eigenvalue weighted by atomic mass is 32.1. The van der Waals surface area contributed by atoms with Gasteiger partial charge in [0.1, 0.15) is 0 Å². The van der Waals surface area contributed by atoms with Gasteiger partial charge in [-0.2, -0.15) is 0 Å². The highest BCUT2D eigenvalue weighted by Crippen LogP contribution is 2.41. The van der Waals surface area contributed by atoms with Gasteiger partial charge in [-0.15, -0.1) is 11.3 Å². The van der Waals surface area contributed by atoms with Crippen molar-refractivity contribution in [2.75, 3.05) is 0 Å². The van der Waals surface area contributed by atoms with E-state index in [1.54, 1.807) is 0 Å². The van der Waals surface area contributed by atoms with Crippen LogP contribution in [0.4, 0.5) is 0 Å². The predicted octanol–water partition coefficient (Wildman–Crippen LogP) is 6.82. The molecule has 0 aliphatic carbocycles. The van der Waals surface area contributed by atoms with E-state index < -0.39 is 0 Å². The molecule has 0 aliphatic heterocycles. The highest BCUT2D eigenvalue weighted by molar-refractivity contribution is 7.23. The zero-order valence-electron chi connectivity index (χ0n) is 13.9. The van der Waals surface area contributed by atoms with Gasteiger partial charge in [0, 0.05) is 16.0 Å². The summed E-state index contributed by atoms with van der Waals surface area (Å²) in [5.74, 6) is 0. The summed E-state index contributed by atoms with van der Waals surface area (Å²) >= 11 is 1.88. The minimum atomic E-state index is 1.22. The van der Waals surface area contributed by atoms with Gasteiger partial charge in [0.2, 0.25) is 0 Å². The van der Waals surface area contributed by atoms with Crippen molar-refractivity contribution >= 4 is 32.5 Å². The molecule has 5 aromatic rings. The number of benzene rings is 3. The van der Waals surface area contributed by atoms with Crippen molar-refractivity contribution in [3.63, 3.8) is 0 Å². The van der Waals surface area contributed by atoms with Crippen LogP contribution in [0.1, 0.15) is 5.56 Å². The van der Waals surface area contributed by atoms with Gasteiger partial charge < -0.3 is 4.57 Å². The molecule has 0 bridgehead atoms. The van der Waals surface area contributed by atoms with Crippen LogP contribution in [-0.4, -0.2) is 4.57 Å². The lowest BCUT2D eigenvalue weighted by atomic mass is 10.2. The lowest BCUT2D eigenvalue weighted by Crippen LogP contribution is -1.92. The highest BCUT2D eigenvalue weighted by Gasteiger charge is 2.15. The van der Waals surface area contributed by atoms with E-state index in [1.807, 2.05) is 11.3 Å². The lowest BCUT2D eigenvalue weighted by Gasteiger charge is -2.07. The lowest BCUT2D eigenvalue weighted by molar-refractivity contribution is 1.18. The molecule has 1 nitrogen and oxygen atoms in total. The summed E-state index contributed by atoms with van der Waals surface area (Å²) in [6, 6.07) is 30.4. The zero-order chi connectivity index (χ0) is 16.8. The Bertz CT molecular complexity index is 1180. The second-order valence-corrected chi connectivity index (χ2v) is 7.43. The molecule has 2 heteroatoms. The maximum atomic E-state index is 2.38. The number of aryl methyl sites for hydroxylation is 1. The molecule has 120 valence electrons. The third-order valence-electron chi connectivity index (χ3n) is 4.69. The van der Waals surface area contributed by atoms with Crippen molar-refractivity contribution in [3.05, 3.63) is 90.5 Å². The van der Waals surface area contributed by atoms with Crippen molar-refractivity contribution in [3.8, 4) is 16.1 Å². The van der Waals surface area contributed by atoms with Crippen molar-refractivity contribution in [1.82, 2.24) is 4.57 Å². The van der Waals surface area contributed by atoms with Crippen molar-refractivity contribution in [1.29, 1.82) is 0 Å². The van der Waals surface area contributed by atoms with Crippen molar-refractivity contribution in [2.24, 2.45) is 0 Å². The Hall–Kier alpha value is -2.84. The van der Waals surface area contributed by atoms with Crippen LogP contribution in [0, 0.1) is 6.92 Å². The summed E-state index contributed by atoms with van der Waals surface area (Å²) in [6.07, 6.45) is 0. The Kier molecular flexibility index (Phi) is 3.25. The molecule has 0 N–H and O–H groups in total. The molecule has 0 aliphatic rings. The first kappa shape index (κ1) is 14.5. The first-order chi connectivity index (χ1) is 12.3. The second kappa shape index (κ2) is 5.61. The number of fused-ring (bicyclic) bond motifs is 3. The van der Waals surface area contributed by atoms with Crippen LogP contribution in [0.3, 0.4) is 0 Å². The number of thiophene rings is 1. The zero-order valence-corrected chi connectivity index (χ0v) is 14.8. The van der Waals surface area contributed by atoms with Crippen LogP contribution < -0.4 is 0 Å². The largest absolute Gasteiger partial charge is 0.308 e. The van der Waals surface area contributed by atoms with Gasteiger partial charge in [-0.05, 0) is 36.8 Å². The van der Waals surface area contributed by atoms with E-state index in [0.29, 0.717) is 0 Å². The number of rotatable bonds is 2. The average molecular weight is 339 g/mol. The van der Waals surface area contributed by atoms with Crippen LogP contribution in [0.5, 0.6) is 0 Å². The van der Waals surface area contributed by atoms with E-state index in [4.69, 9.17) is 0 Å². The molecule has 3 aromatic carbocycles. The van der Waals surface area contributed by atoms with Gasteiger partial charge in [0.25, 0.3) is 0 Å². The van der Waals surface area contributed by atoms with E-state index >= 15 is 0 Å². The summed E-state index contributed by atoms with van der Waals surface area (Å²) in [5, 5.41) is 1.32. The normalized spacial score (nSPS) is 11.4. The fourth-order valence-corrected chi connectivity index (χ4v) is 4.63. The molecule has 25 heavy (non-hydrogen) atoms. The minimum Gasteiger partial charge on any atom is -0.308 e. The number of hydrogen-bond donors (Lipinski definition) is 0. The summed E-state index contributed by atoms with van der Waals surface area (Å²) in [7, 11) is 0. The fraction of sp³-hybridized carbons (Fsp3) is 0.0435. The molecule has 0 spiro atoms. The van der Waals surface area contributed by atoms with E-state index in [1.165, 1.54) is 42.8 Å². The predicted molar refractivity (Wildman–Crippen MR) is 109 cm³/mol. The van der Waals surface area contributed by atoms with Gasteiger partial charge in [-0.3, -0.25) is 0 Å². The number of para-hydroxylation sites is 1. The molecule has 0 atom stereocenters. The Morgan fingerprint density at radius 2 is 1.44 bits per heavy atom. The van der Waals surface area contributed by atoms with E-state index in [-0.39, 0.29) is 0 Å². The van der Waals surface area contributed by atoms with Gasteiger partial charge >= 0.3 is 0 Å². The van der Waals surface area contributed by atoms with Crippen LogP contribution in [0.25, 0.3) is 37.2 Å². The maximum Gasteiger partial charge on any atom is 0.0655 e. The van der Waals surface area contributed by atoms with Gasteiger partial charge in [-0.25, -0.2) is 0 Å². The van der Waals surface area contributed by atoms with Crippen LogP contribution in [0.15, 0.2) is 84.9 Å². The van der Waals surface area contributed by atoms with Gasteiger partial charge in [-0.1, -0.05) is 66.2 Å². The first-order valence-corrected chi connectivity index (χ1v) is 9.28. The molecule has 2 aromatic heterocycles. The smallest absolute Gasteiger partial charge is 0.0655 e. The second-order valence-electron chi connectivity index (χ2n) is 6.38. The molecule has 0 amide bonds. The van der Waals surface area contributed by atoms with E-state index in [0.717, 1.165) is 0 Å². The Morgan fingerprint density at radius 3 is 2.24 bits per heavy atom. The molecule has 0 saturated carbocycles. The number of hydrogen-bond acceptors (Lipinski definition) is 1. The molecule has 0 unspecified atom stereocenters. The van der Waals surface area contributed by atoms with Crippen LogP contribution in [-0.2, 0) is 0 Å². The SMILES string of the molecule is Cc1ccc(-n2c3ccccc3c3sc(-c4ccccc4)cc32)cc1. The number of nitrogens with zero attached hydrogens (tertiary/aromatic N) is 1. The topological polar surface area (TPSA) is 4.93 Å². The third kappa shape index (κ3) is 2.30. The monoisotopic (exact) mass is 339 g/mol. The first-order valence-electron chi connectivity index (χ1n) is 8.47. The number of aromatic nitrogens is 1. The van der Waals surface area contributed by atoms with Crippen molar-refractivity contribution < 1.29 is 0 Å². The third-order valence-corrected chi connectivity index (χ3v) is 5.90. The Balaban J connectivity index is 1.84. The fourth-order valence-electron chi connectivity index (χ4n) is 3.45. The molecule has 0 radical (unpaired) electrons. The van der Waals surface area contributed by atoms with E-state index in [2.05, 4.69) is 96.4 Å². The molecular weight excluding hydrogens is 322 g/mol. The van der Waals surface area contributed by atoms with E-state index in [9.17, 15) is 0 Å². The summed E-state index contributed by atoms with van der Waals surface area (Å²) in [6.45, 7) is 2.13. The Labute approximate surface area is 150 Å². The molecule has 2 heterocycles. The standard InChI is InChI=1S/C23H17NS/c1-16-11-13-18(14-12-16)24-20-10-6-5-9-19(20)23-21(24)15-22(25-23)17-7-3-2-4-8-17/h2-15H,1H3. The quantitative estimate of drug-likeness (QED) is 0.332. The van der Waals surface area contributed by atoms with Crippen LogP contribution >= 0.6 is 11.3 Å². The average Bonchev–Trinajstić information content (AvgIpc) is 3.21. The molecule has 0 saturated heterocycles. The molecular formula is C23H17NS. The summed E-state index contributed by atoms with van der Waals surface area (Å²) in [4.78, 5) is 1.32. The molecule has 0 fully saturated rings. The molecule has 5 rings (SSSR count). The van der Waals surface area contributed by atoms with Crippen LogP contribution in [0.2, 0.25) is 0 Å². The van der Waals surface area contributed by atoms with Gasteiger partial charge in [0.15, 0.2) is 0 Å². The minimum absolute atomic E-state index is 1.22.